The molecule has 1 aliphatic rings. The van der Waals surface area contributed by atoms with Crippen molar-refractivity contribution in [2.75, 3.05) is 31.1 Å². The molecule has 0 unspecified atom stereocenters. The third kappa shape index (κ3) is 3.87. The van der Waals surface area contributed by atoms with E-state index in [1.165, 1.54) is 4.68 Å². The number of hydrogen-bond acceptors (Lipinski definition) is 4. The maximum absolute atomic E-state index is 12.6. The number of nitrogens with zero attached hydrogens (tertiary/aromatic N) is 4. The van der Waals surface area contributed by atoms with Crippen LogP contribution in [0.15, 0.2) is 59.5 Å². The van der Waals surface area contributed by atoms with Crippen LogP contribution < -0.4 is 10.5 Å². The van der Waals surface area contributed by atoms with Crippen LogP contribution in [0.3, 0.4) is 0 Å². The summed E-state index contributed by atoms with van der Waals surface area (Å²) in [5.41, 5.74) is 0.920. The molecule has 144 valence electrons. The second-order valence-electron chi connectivity index (χ2n) is 6.86. The summed E-state index contributed by atoms with van der Waals surface area (Å²) in [4.78, 5) is 29.2. The van der Waals surface area contributed by atoms with Crippen molar-refractivity contribution < 1.29 is 4.79 Å². The van der Waals surface area contributed by atoms with E-state index in [9.17, 15) is 9.59 Å². The van der Waals surface area contributed by atoms with Gasteiger partial charge in [0.05, 0.1) is 18.1 Å². The average Bonchev–Trinajstić information content (AvgIpc) is 2.73. The Morgan fingerprint density at radius 2 is 1.82 bits per heavy atom. The van der Waals surface area contributed by atoms with Gasteiger partial charge in [0, 0.05) is 48.7 Å². The number of rotatable bonds is 4. The third-order valence-corrected chi connectivity index (χ3v) is 5.34. The lowest BCUT2D eigenvalue weighted by molar-refractivity contribution is -0.131. The number of benzene rings is 2. The zero-order valence-corrected chi connectivity index (χ0v) is 16.2. The molecule has 0 N–H and O–H groups in total. The number of hydrogen-bond donors (Lipinski definition) is 0. The summed E-state index contributed by atoms with van der Waals surface area (Å²) in [6.45, 7) is 3.13. The maximum Gasteiger partial charge on any atom is 0.274 e. The fourth-order valence-electron chi connectivity index (χ4n) is 3.53. The van der Waals surface area contributed by atoms with Gasteiger partial charge in [-0.3, -0.25) is 9.59 Å². The van der Waals surface area contributed by atoms with Crippen LogP contribution in [0.2, 0.25) is 5.02 Å². The molecule has 1 saturated heterocycles. The predicted octanol–water partition coefficient (Wildman–Crippen LogP) is 2.79. The van der Waals surface area contributed by atoms with Crippen LogP contribution in [0.5, 0.6) is 0 Å². The number of aromatic nitrogens is 2. The Labute approximate surface area is 167 Å². The molecular weight excluding hydrogens is 376 g/mol. The molecule has 1 aromatic heterocycles. The number of carbonyl (C=O) groups excluding carboxylic acids is 1. The highest BCUT2D eigenvalue weighted by Gasteiger charge is 2.21. The van der Waals surface area contributed by atoms with E-state index < -0.39 is 0 Å². The fraction of sp³-hybridized carbons (Fsp3) is 0.286. The lowest BCUT2D eigenvalue weighted by Crippen LogP contribution is -2.49. The lowest BCUT2D eigenvalue weighted by Gasteiger charge is -2.36. The van der Waals surface area contributed by atoms with Crippen LogP contribution in [0, 0.1) is 0 Å². The van der Waals surface area contributed by atoms with Crippen molar-refractivity contribution in [1.29, 1.82) is 0 Å². The zero-order valence-electron chi connectivity index (χ0n) is 15.4. The molecule has 2 heterocycles. The molecule has 0 saturated carbocycles. The largest absolute Gasteiger partial charge is 0.368 e. The number of fused-ring (bicyclic) bond motifs is 1. The van der Waals surface area contributed by atoms with Crippen LogP contribution in [-0.2, 0) is 11.3 Å². The number of anilines is 1. The number of halogens is 1. The molecule has 1 amide bonds. The van der Waals surface area contributed by atoms with E-state index in [-0.39, 0.29) is 24.4 Å². The highest BCUT2D eigenvalue weighted by molar-refractivity contribution is 6.30. The molecule has 28 heavy (non-hydrogen) atoms. The van der Waals surface area contributed by atoms with Gasteiger partial charge in [0.1, 0.15) is 0 Å². The van der Waals surface area contributed by atoms with Crippen molar-refractivity contribution >= 4 is 34.0 Å². The van der Waals surface area contributed by atoms with E-state index in [1.54, 1.807) is 12.3 Å². The van der Waals surface area contributed by atoms with E-state index in [0.717, 1.165) is 24.2 Å². The first-order valence-corrected chi connectivity index (χ1v) is 9.73. The van der Waals surface area contributed by atoms with Crippen LogP contribution in [-0.4, -0.2) is 46.8 Å². The quantitative estimate of drug-likeness (QED) is 0.680. The summed E-state index contributed by atoms with van der Waals surface area (Å²) in [6.07, 6.45) is 1.94. The van der Waals surface area contributed by atoms with Crippen molar-refractivity contribution in [3.05, 3.63) is 70.1 Å². The van der Waals surface area contributed by atoms with E-state index in [4.69, 9.17) is 11.6 Å². The van der Waals surface area contributed by atoms with Gasteiger partial charge < -0.3 is 9.80 Å². The fourth-order valence-corrected chi connectivity index (χ4v) is 3.72. The Morgan fingerprint density at radius 3 is 2.61 bits per heavy atom. The molecule has 7 heteroatoms. The van der Waals surface area contributed by atoms with Gasteiger partial charge in [0.2, 0.25) is 5.91 Å². The first-order valence-electron chi connectivity index (χ1n) is 9.35. The molecule has 4 rings (SSSR count). The van der Waals surface area contributed by atoms with Crippen LogP contribution in [0.1, 0.15) is 6.42 Å². The monoisotopic (exact) mass is 396 g/mol. The number of aryl methyl sites for hydroxylation is 1. The van der Waals surface area contributed by atoms with Crippen molar-refractivity contribution in [2.24, 2.45) is 0 Å². The SMILES string of the molecule is O=C(CCn1ncc2ccccc2c1=O)N1CCN(c2cccc(Cl)c2)CC1. The lowest BCUT2D eigenvalue weighted by atomic mass is 10.2. The summed E-state index contributed by atoms with van der Waals surface area (Å²) in [5, 5.41) is 6.35. The van der Waals surface area contributed by atoms with Gasteiger partial charge in [0.25, 0.3) is 5.56 Å². The molecular formula is C21H21ClN4O2. The molecule has 6 nitrogen and oxygen atoms in total. The molecule has 0 atom stereocenters. The summed E-state index contributed by atoms with van der Waals surface area (Å²) >= 11 is 6.07. The number of piperazine rings is 1. The molecule has 0 bridgehead atoms. The van der Waals surface area contributed by atoms with Gasteiger partial charge >= 0.3 is 0 Å². The van der Waals surface area contributed by atoms with Crippen LogP contribution >= 0.6 is 11.6 Å². The van der Waals surface area contributed by atoms with Gasteiger partial charge in [-0.15, -0.1) is 0 Å². The Morgan fingerprint density at radius 1 is 1.04 bits per heavy atom. The van der Waals surface area contributed by atoms with Crippen molar-refractivity contribution in [3.8, 4) is 0 Å². The van der Waals surface area contributed by atoms with E-state index >= 15 is 0 Å². The molecule has 1 aliphatic heterocycles. The van der Waals surface area contributed by atoms with E-state index in [1.807, 2.05) is 47.4 Å². The Balaban J connectivity index is 1.35. The highest BCUT2D eigenvalue weighted by Crippen LogP contribution is 2.21. The number of carbonyl (C=O) groups is 1. The van der Waals surface area contributed by atoms with Gasteiger partial charge in [-0.05, 0) is 24.3 Å². The molecule has 0 radical (unpaired) electrons. The highest BCUT2D eigenvalue weighted by atomic mass is 35.5. The van der Waals surface area contributed by atoms with Crippen molar-refractivity contribution in [2.45, 2.75) is 13.0 Å². The summed E-state index contributed by atoms with van der Waals surface area (Å²) in [5.74, 6) is 0.0487. The van der Waals surface area contributed by atoms with Crippen molar-refractivity contribution in [3.63, 3.8) is 0 Å². The molecule has 1 fully saturated rings. The molecule has 3 aromatic rings. The maximum atomic E-state index is 12.6. The zero-order chi connectivity index (χ0) is 19.5. The Kier molecular flexibility index (Phi) is 5.30. The topological polar surface area (TPSA) is 58.4 Å². The predicted molar refractivity (Wildman–Crippen MR) is 111 cm³/mol. The van der Waals surface area contributed by atoms with E-state index in [0.29, 0.717) is 23.5 Å². The minimum Gasteiger partial charge on any atom is -0.368 e. The van der Waals surface area contributed by atoms with Gasteiger partial charge in [0.15, 0.2) is 0 Å². The third-order valence-electron chi connectivity index (χ3n) is 5.11. The van der Waals surface area contributed by atoms with Gasteiger partial charge in [-0.2, -0.15) is 5.10 Å². The number of amides is 1. The summed E-state index contributed by atoms with van der Waals surface area (Å²) in [7, 11) is 0. The van der Waals surface area contributed by atoms with Gasteiger partial charge in [-0.25, -0.2) is 4.68 Å². The standard InChI is InChI=1S/C21H21ClN4O2/c22-17-5-3-6-18(14-17)24-10-12-25(13-11-24)20(27)8-9-26-21(28)19-7-2-1-4-16(19)15-23-26/h1-7,14-15H,8-13H2. The smallest absolute Gasteiger partial charge is 0.274 e. The van der Waals surface area contributed by atoms with Gasteiger partial charge in [-0.1, -0.05) is 35.9 Å². The van der Waals surface area contributed by atoms with E-state index in [2.05, 4.69) is 10.00 Å². The average molecular weight is 397 g/mol. The Hall–Kier alpha value is -2.86. The van der Waals surface area contributed by atoms with Crippen molar-refractivity contribution in [1.82, 2.24) is 14.7 Å². The normalized spacial score (nSPS) is 14.5. The summed E-state index contributed by atoms with van der Waals surface area (Å²) < 4.78 is 1.38. The Bertz CT molecular complexity index is 1060. The molecule has 0 spiro atoms. The second-order valence-corrected chi connectivity index (χ2v) is 7.29. The first kappa shape index (κ1) is 18.5. The van der Waals surface area contributed by atoms with Crippen LogP contribution in [0.4, 0.5) is 5.69 Å². The molecule has 2 aromatic carbocycles. The van der Waals surface area contributed by atoms with Crippen LogP contribution in [0.25, 0.3) is 10.8 Å². The minimum absolute atomic E-state index is 0.0487. The second kappa shape index (κ2) is 8.02. The molecule has 0 aliphatic carbocycles. The summed E-state index contributed by atoms with van der Waals surface area (Å²) in [6, 6.07) is 15.1. The first-order chi connectivity index (χ1) is 13.6. The minimum atomic E-state index is -0.156.